The number of piperidine rings is 1. The Morgan fingerprint density at radius 3 is 2.62 bits per heavy atom. The van der Waals surface area contributed by atoms with Crippen molar-refractivity contribution in [3.8, 4) is 28.7 Å². The lowest BCUT2D eigenvalue weighted by Gasteiger charge is -2.27. The van der Waals surface area contributed by atoms with E-state index < -0.39 is 29.7 Å². The Morgan fingerprint density at radius 2 is 1.81 bits per heavy atom. The summed E-state index contributed by atoms with van der Waals surface area (Å²) in [6.07, 6.45) is 6.78. The van der Waals surface area contributed by atoms with E-state index in [0.29, 0.717) is 35.9 Å². The number of rotatable bonds is 5. The Kier molecular flexibility index (Phi) is 8.74. The predicted molar refractivity (Wildman–Crippen MR) is 198 cm³/mol. The molecule has 3 aliphatic rings. The molecule has 2 aromatic carbocycles. The number of aryl methyl sites for hydroxylation is 2. The van der Waals surface area contributed by atoms with Crippen molar-refractivity contribution < 1.29 is 19.2 Å². The first kappa shape index (κ1) is 33.8. The van der Waals surface area contributed by atoms with E-state index in [0.717, 1.165) is 48.6 Å². The molecule has 6 heterocycles. The summed E-state index contributed by atoms with van der Waals surface area (Å²) in [5.41, 5.74) is 5.66. The number of hydrogen-bond acceptors (Lipinski definition) is 9. The van der Waals surface area contributed by atoms with Crippen LogP contribution in [0, 0.1) is 37.5 Å². The fourth-order valence-electron chi connectivity index (χ4n) is 6.70. The van der Waals surface area contributed by atoms with E-state index in [-0.39, 0.29) is 24.0 Å². The van der Waals surface area contributed by atoms with Crippen molar-refractivity contribution in [1.82, 2.24) is 34.5 Å². The van der Waals surface area contributed by atoms with Gasteiger partial charge in [0.1, 0.15) is 22.6 Å². The number of carbonyl (C=O) groups is 4. The van der Waals surface area contributed by atoms with Crippen molar-refractivity contribution in [3.05, 3.63) is 116 Å². The number of nitrogens with one attached hydrogen (secondary N) is 2. The van der Waals surface area contributed by atoms with E-state index in [1.165, 1.54) is 0 Å². The normalized spacial score (nSPS) is 15.9. The van der Waals surface area contributed by atoms with Crippen LogP contribution in [0.4, 0.5) is 5.95 Å². The third-order valence-electron chi connectivity index (χ3n) is 9.33. The van der Waals surface area contributed by atoms with Gasteiger partial charge >= 0.3 is 0 Å². The topological polar surface area (TPSA) is 144 Å². The van der Waals surface area contributed by atoms with Crippen molar-refractivity contribution in [2.75, 3.05) is 5.32 Å². The van der Waals surface area contributed by atoms with E-state index in [2.05, 4.69) is 56.4 Å². The summed E-state index contributed by atoms with van der Waals surface area (Å²) >= 11 is 7.78. The minimum atomic E-state index is -1.03. The van der Waals surface area contributed by atoms with Crippen LogP contribution in [0.3, 0.4) is 0 Å². The second kappa shape index (κ2) is 13.7. The number of anilines is 1. The molecule has 262 valence electrons. The van der Waals surface area contributed by atoms with Crippen LogP contribution in [0.15, 0.2) is 61.2 Å². The number of unbranched alkanes of at least 4 members (excludes halogenated alkanes) is 1. The summed E-state index contributed by atoms with van der Waals surface area (Å²) in [6.45, 7) is 4.61. The van der Waals surface area contributed by atoms with Crippen LogP contribution < -0.4 is 10.6 Å². The van der Waals surface area contributed by atoms with Gasteiger partial charge in [-0.3, -0.25) is 34.0 Å². The van der Waals surface area contributed by atoms with Gasteiger partial charge in [-0.25, -0.2) is 4.98 Å². The quantitative estimate of drug-likeness (QED) is 0.142. The molecule has 4 amide bonds. The van der Waals surface area contributed by atoms with Crippen LogP contribution in [0.25, 0.3) is 10.6 Å². The van der Waals surface area contributed by atoms with Gasteiger partial charge in [0.25, 0.3) is 11.8 Å². The largest absolute Gasteiger partial charge is 0.330 e. The van der Waals surface area contributed by atoms with Crippen LogP contribution in [-0.4, -0.2) is 58.9 Å². The van der Waals surface area contributed by atoms with Crippen LogP contribution >= 0.6 is 22.9 Å². The minimum Gasteiger partial charge on any atom is -0.330 e. The maximum Gasteiger partial charge on any atom is 0.263 e. The van der Waals surface area contributed by atoms with E-state index >= 15 is 0 Å². The van der Waals surface area contributed by atoms with Crippen molar-refractivity contribution >= 4 is 58.1 Å². The van der Waals surface area contributed by atoms with Gasteiger partial charge in [-0.15, -0.1) is 21.5 Å². The van der Waals surface area contributed by atoms with Gasteiger partial charge in [0, 0.05) is 47.3 Å². The summed E-state index contributed by atoms with van der Waals surface area (Å²) in [6, 6.07) is 11.6. The van der Waals surface area contributed by atoms with E-state index in [1.54, 1.807) is 42.1 Å². The average Bonchev–Trinajstić information content (AvgIpc) is 3.87. The molecule has 3 aromatic heterocycles. The number of thiophene rings is 1. The maximum atomic E-state index is 13.4. The summed E-state index contributed by atoms with van der Waals surface area (Å²) in [5.74, 6) is 12.1. The Balaban J connectivity index is 0.986. The second-order valence-electron chi connectivity index (χ2n) is 12.7. The molecule has 0 bridgehead atoms. The summed E-state index contributed by atoms with van der Waals surface area (Å²) < 4.78 is 3.99. The standard InChI is InChI=1S/C39H29ClN8O4S/c1-22-31(53-38-33(22)29(24-10-12-26(40)13-11-24)20-42-39-45-44-23(2)47(38)39)16-14-27-19-41-21-46(27)18-5-3-4-7-25-8-6-9-28-34(25)37(52)48(36(28)51)30-15-17-32(49)43-35(30)50/h6,8-13,19-21,30H,3,5,15,17-18H2,1-2H3,(H,42,45)(H,43,49,50). The highest BCUT2D eigenvalue weighted by atomic mass is 35.5. The Morgan fingerprint density at radius 1 is 0.981 bits per heavy atom. The predicted octanol–water partition coefficient (Wildman–Crippen LogP) is 5.24. The lowest BCUT2D eigenvalue weighted by molar-refractivity contribution is -0.136. The first-order valence-corrected chi connectivity index (χ1v) is 18.0. The lowest BCUT2D eigenvalue weighted by atomic mass is 9.96. The fourth-order valence-corrected chi connectivity index (χ4v) is 8.05. The number of amides is 4. The highest BCUT2D eigenvalue weighted by Crippen LogP contribution is 2.42. The molecule has 53 heavy (non-hydrogen) atoms. The molecule has 2 N–H and O–H groups in total. The molecule has 0 spiro atoms. The van der Waals surface area contributed by atoms with Crippen molar-refractivity contribution in [2.24, 2.45) is 0 Å². The Bertz CT molecular complexity index is 2540. The van der Waals surface area contributed by atoms with Gasteiger partial charge in [0.15, 0.2) is 0 Å². The van der Waals surface area contributed by atoms with E-state index in [9.17, 15) is 19.2 Å². The molecule has 1 unspecified atom stereocenters. The number of carbonyl (C=O) groups excluding carboxylic acids is 4. The SMILES string of the molecule is Cc1c(C#Cc2cncn2CCCC#Cc2cccc3c2C(=O)N(C2CCC(=O)NC2=O)C3=O)sc2c1C(c1ccc(Cl)cc1)=CNc1nnc(C)n1-2. The van der Waals surface area contributed by atoms with Crippen molar-refractivity contribution in [3.63, 3.8) is 0 Å². The smallest absolute Gasteiger partial charge is 0.263 e. The molecule has 0 aliphatic carbocycles. The zero-order valence-corrected chi connectivity index (χ0v) is 30.1. The molecule has 14 heteroatoms. The van der Waals surface area contributed by atoms with Crippen LogP contribution in [-0.2, 0) is 16.1 Å². The van der Waals surface area contributed by atoms with Gasteiger partial charge < -0.3 is 9.88 Å². The van der Waals surface area contributed by atoms with Crippen molar-refractivity contribution in [2.45, 2.75) is 52.1 Å². The van der Waals surface area contributed by atoms with E-state index in [1.807, 2.05) is 46.5 Å². The first-order chi connectivity index (χ1) is 25.7. The summed E-state index contributed by atoms with van der Waals surface area (Å²) in [7, 11) is 0. The fraction of sp³-hybridized carbons (Fsp3) is 0.205. The van der Waals surface area contributed by atoms with Gasteiger partial charge in [-0.05, 0) is 73.9 Å². The molecule has 1 fully saturated rings. The highest BCUT2D eigenvalue weighted by molar-refractivity contribution is 7.15. The number of imide groups is 2. The molecule has 1 saturated heterocycles. The minimum absolute atomic E-state index is 0.0579. The number of halogens is 1. The first-order valence-electron chi connectivity index (χ1n) is 16.8. The van der Waals surface area contributed by atoms with Gasteiger partial charge in [-0.1, -0.05) is 41.6 Å². The average molecular weight is 741 g/mol. The molecule has 0 saturated carbocycles. The Labute approximate surface area is 312 Å². The van der Waals surface area contributed by atoms with Gasteiger partial charge in [-0.2, -0.15) is 0 Å². The van der Waals surface area contributed by atoms with Crippen LogP contribution in [0.2, 0.25) is 5.02 Å². The molecule has 3 aliphatic heterocycles. The number of benzene rings is 2. The number of fused-ring (bicyclic) bond motifs is 4. The molecule has 12 nitrogen and oxygen atoms in total. The van der Waals surface area contributed by atoms with Crippen LogP contribution in [0.1, 0.15) is 85.0 Å². The van der Waals surface area contributed by atoms with E-state index in [4.69, 9.17) is 11.6 Å². The number of aromatic nitrogens is 5. The van der Waals surface area contributed by atoms with Crippen molar-refractivity contribution in [1.29, 1.82) is 0 Å². The maximum absolute atomic E-state index is 13.4. The second-order valence-corrected chi connectivity index (χ2v) is 14.1. The van der Waals surface area contributed by atoms with Gasteiger partial charge in [0.05, 0.1) is 28.5 Å². The summed E-state index contributed by atoms with van der Waals surface area (Å²) in [4.78, 5) is 56.8. The zero-order chi connectivity index (χ0) is 36.8. The highest BCUT2D eigenvalue weighted by Gasteiger charge is 2.45. The van der Waals surface area contributed by atoms with Gasteiger partial charge in [0.2, 0.25) is 17.8 Å². The summed E-state index contributed by atoms with van der Waals surface area (Å²) in [5, 5.41) is 15.8. The third-order valence-corrected chi connectivity index (χ3v) is 10.8. The molecule has 5 aromatic rings. The molecule has 8 rings (SSSR count). The number of nitrogens with zero attached hydrogens (tertiary/aromatic N) is 6. The zero-order valence-electron chi connectivity index (χ0n) is 28.5. The lowest BCUT2D eigenvalue weighted by Crippen LogP contribution is -2.54. The molecular formula is C39H29ClN8O4S. The number of imidazole rings is 1. The number of hydrogen-bond donors (Lipinski definition) is 2. The van der Waals surface area contributed by atoms with Crippen LogP contribution in [0.5, 0.6) is 0 Å². The molecule has 1 atom stereocenters. The third kappa shape index (κ3) is 6.10. The Hall–Kier alpha value is -6.28. The monoisotopic (exact) mass is 740 g/mol. The molecular weight excluding hydrogens is 712 g/mol. The molecule has 0 radical (unpaired) electrons.